The van der Waals surface area contributed by atoms with E-state index in [2.05, 4.69) is 35.9 Å². The molecule has 0 saturated heterocycles. The van der Waals surface area contributed by atoms with Crippen LogP contribution in [0.5, 0.6) is 0 Å². The summed E-state index contributed by atoms with van der Waals surface area (Å²) in [6.45, 7) is 7.94. The highest BCUT2D eigenvalue weighted by Gasteiger charge is 2.33. The van der Waals surface area contributed by atoms with Crippen molar-refractivity contribution in [2.24, 2.45) is 4.99 Å². The van der Waals surface area contributed by atoms with E-state index in [-0.39, 0.29) is 5.56 Å². The van der Waals surface area contributed by atoms with Crippen molar-refractivity contribution in [3.63, 3.8) is 0 Å². The van der Waals surface area contributed by atoms with Crippen LogP contribution in [0.15, 0.2) is 62.8 Å². The number of hydrogen-bond donors (Lipinski definition) is 0. The van der Waals surface area contributed by atoms with Gasteiger partial charge in [-0.25, -0.2) is 9.79 Å². The molecular weight excluding hydrogens is 442 g/mol. The van der Waals surface area contributed by atoms with Crippen molar-refractivity contribution in [3.05, 3.63) is 83.2 Å². The standard InChI is InChI=1S/C24H25N3O3S2/c1-5-26(6-2)17-11-9-16(10-12-17)14-19-22(28)27-21(18-8-7-13-31-18)20(23(29)30-4)15(3)25-24(27)32-19/h7-14,21H,5-6H2,1-4H3/b19-14-/t21-/m0/s1. The van der Waals surface area contributed by atoms with Crippen molar-refractivity contribution in [2.45, 2.75) is 26.8 Å². The van der Waals surface area contributed by atoms with Crippen LogP contribution < -0.4 is 19.8 Å². The molecule has 4 rings (SSSR count). The fourth-order valence-electron chi connectivity index (χ4n) is 3.93. The number of carbonyl (C=O) groups excluding carboxylic acids is 1. The molecule has 0 fully saturated rings. The van der Waals surface area contributed by atoms with Gasteiger partial charge in [-0.3, -0.25) is 9.36 Å². The third-order valence-electron chi connectivity index (χ3n) is 5.56. The van der Waals surface area contributed by atoms with Gasteiger partial charge in [-0.15, -0.1) is 11.3 Å². The lowest BCUT2D eigenvalue weighted by Gasteiger charge is -2.22. The van der Waals surface area contributed by atoms with Crippen molar-refractivity contribution in [1.29, 1.82) is 0 Å². The third-order valence-corrected chi connectivity index (χ3v) is 7.47. The molecule has 32 heavy (non-hydrogen) atoms. The van der Waals surface area contributed by atoms with E-state index in [1.54, 1.807) is 11.5 Å². The summed E-state index contributed by atoms with van der Waals surface area (Å²) in [7, 11) is 1.35. The number of rotatable bonds is 6. The molecule has 0 saturated carbocycles. The van der Waals surface area contributed by atoms with Crippen molar-refractivity contribution in [2.75, 3.05) is 25.1 Å². The molecule has 166 valence electrons. The van der Waals surface area contributed by atoms with E-state index in [1.165, 1.54) is 29.8 Å². The molecule has 0 N–H and O–H groups in total. The second-order valence-electron chi connectivity index (χ2n) is 7.35. The van der Waals surface area contributed by atoms with Gasteiger partial charge >= 0.3 is 5.97 Å². The molecule has 1 aliphatic heterocycles. The summed E-state index contributed by atoms with van der Waals surface area (Å²) < 4.78 is 7.22. The van der Waals surface area contributed by atoms with E-state index < -0.39 is 12.0 Å². The van der Waals surface area contributed by atoms with Crippen LogP contribution >= 0.6 is 22.7 Å². The quantitative estimate of drug-likeness (QED) is 0.522. The predicted molar refractivity (Wildman–Crippen MR) is 130 cm³/mol. The maximum atomic E-state index is 13.5. The second-order valence-corrected chi connectivity index (χ2v) is 9.34. The lowest BCUT2D eigenvalue weighted by Crippen LogP contribution is -2.39. The van der Waals surface area contributed by atoms with Crippen molar-refractivity contribution in [3.8, 4) is 0 Å². The van der Waals surface area contributed by atoms with Crippen LogP contribution in [0.4, 0.5) is 5.69 Å². The van der Waals surface area contributed by atoms with Crippen LogP contribution in [0.2, 0.25) is 0 Å². The molecule has 0 radical (unpaired) electrons. The number of nitrogens with zero attached hydrogens (tertiary/aromatic N) is 3. The zero-order valence-corrected chi connectivity index (χ0v) is 20.1. The number of allylic oxidation sites excluding steroid dienone is 1. The van der Waals surface area contributed by atoms with E-state index in [0.29, 0.717) is 20.6 Å². The summed E-state index contributed by atoms with van der Waals surface area (Å²) in [5, 5.41) is 1.94. The number of anilines is 1. The average Bonchev–Trinajstić information content (AvgIpc) is 3.43. The fourth-order valence-corrected chi connectivity index (χ4v) is 5.80. The fraction of sp³-hybridized carbons (Fsp3) is 0.292. The van der Waals surface area contributed by atoms with E-state index in [9.17, 15) is 9.59 Å². The molecule has 1 aliphatic rings. The Labute approximate surface area is 194 Å². The molecule has 0 aliphatic carbocycles. The number of aromatic nitrogens is 1. The Kier molecular flexibility index (Phi) is 6.43. The molecule has 3 aromatic rings. The molecule has 1 atom stereocenters. The van der Waals surface area contributed by atoms with E-state index in [4.69, 9.17) is 4.74 Å². The van der Waals surface area contributed by atoms with Gasteiger partial charge in [-0.05, 0) is 56.0 Å². The first-order valence-corrected chi connectivity index (χ1v) is 12.2. The Hall–Kier alpha value is -2.97. The summed E-state index contributed by atoms with van der Waals surface area (Å²) in [6, 6.07) is 11.5. The van der Waals surface area contributed by atoms with Gasteiger partial charge in [0.2, 0.25) is 0 Å². The minimum atomic E-state index is -0.536. The van der Waals surface area contributed by atoms with E-state index in [1.807, 2.05) is 35.7 Å². The first kappa shape index (κ1) is 22.2. The minimum Gasteiger partial charge on any atom is -0.466 e. The van der Waals surface area contributed by atoms with Crippen LogP contribution in [0.1, 0.15) is 37.3 Å². The first-order valence-electron chi connectivity index (χ1n) is 10.5. The van der Waals surface area contributed by atoms with Crippen LogP contribution in [0.3, 0.4) is 0 Å². The van der Waals surface area contributed by atoms with Gasteiger partial charge in [0.05, 0.1) is 22.9 Å². The molecule has 0 bridgehead atoms. The van der Waals surface area contributed by atoms with Gasteiger partial charge in [-0.1, -0.05) is 29.5 Å². The highest BCUT2D eigenvalue weighted by atomic mass is 32.1. The van der Waals surface area contributed by atoms with Crippen LogP contribution in [0.25, 0.3) is 6.08 Å². The predicted octanol–water partition coefficient (Wildman–Crippen LogP) is 3.32. The van der Waals surface area contributed by atoms with Crippen LogP contribution in [-0.4, -0.2) is 30.7 Å². The molecule has 0 spiro atoms. The van der Waals surface area contributed by atoms with Crippen molar-refractivity contribution < 1.29 is 9.53 Å². The zero-order valence-electron chi connectivity index (χ0n) is 18.5. The zero-order chi connectivity index (χ0) is 22.8. The number of hydrogen-bond acceptors (Lipinski definition) is 7. The molecule has 8 heteroatoms. The number of carbonyl (C=O) groups is 1. The number of methoxy groups -OCH3 is 1. The SMILES string of the molecule is CCN(CC)c1ccc(/C=c2\sc3n(c2=O)[C@@H](c2cccs2)C(C(=O)OC)=C(C)N=3)cc1. The van der Waals surface area contributed by atoms with Gasteiger partial charge in [0.15, 0.2) is 4.80 Å². The summed E-state index contributed by atoms with van der Waals surface area (Å²) in [4.78, 5) is 34.4. The average molecular weight is 468 g/mol. The third kappa shape index (κ3) is 3.96. The van der Waals surface area contributed by atoms with Gasteiger partial charge in [-0.2, -0.15) is 0 Å². The van der Waals surface area contributed by atoms with Gasteiger partial charge in [0.1, 0.15) is 6.04 Å². The molecule has 0 unspecified atom stereocenters. The molecule has 1 aromatic carbocycles. The number of thiazole rings is 1. The van der Waals surface area contributed by atoms with Gasteiger partial charge in [0.25, 0.3) is 5.56 Å². The van der Waals surface area contributed by atoms with E-state index in [0.717, 1.165) is 29.2 Å². The first-order chi connectivity index (χ1) is 15.5. The summed E-state index contributed by atoms with van der Waals surface area (Å²) in [5.41, 5.74) is 2.92. The summed E-state index contributed by atoms with van der Waals surface area (Å²) >= 11 is 2.84. The Balaban J connectivity index is 1.83. The van der Waals surface area contributed by atoms with Gasteiger partial charge < -0.3 is 9.64 Å². The molecule has 3 heterocycles. The Morgan fingerprint density at radius 2 is 1.94 bits per heavy atom. The topological polar surface area (TPSA) is 63.9 Å². The Morgan fingerprint density at radius 1 is 1.22 bits per heavy atom. The lowest BCUT2D eigenvalue weighted by molar-refractivity contribution is -0.136. The number of benzene rings is 1. The number of esters is 1. The summed E-state index contributed by atoms with van der Waals surface area (Å²) in [5.74, 6) is -0.467. The van der Waals surface area contributed by atoms with Crippen molar-refractivity contribution in [1.82, 2.24) is 4.57 Å². The van der Waals surface area contributed by atoms with Crippen LogP contribution in [0, 0.1) is 0 Å². The number of thiophene rings is 1. The largest absolute Gasteiger partial charge is 0.466 e. The van der Waals surface area contributed by atoms with E-state index >= 15 is 0 Å². The smallest absolute Gasteiger partial charge is 0.338 e. The maximum Gasteiger partial charge on any atom is 0.338 e. The monoisotopic (exact) mass is 467 g/mol. The van der Waals surface area contributed by atoms with Crippen molar-refractivity contribution >= 4 is 40.4 Å². The lowest BCUT2D eigenvalue weighted by atomic mass is 10.0. The highest BCUT2D eigenvalue weighted by Crippen LogP contribution is 2.32. The van der Waals surface area contributed by atoms with Gasteiger partial charge in [0, 0.05) is 23.7 Å². The van der Waals surface area contributed by atoms with Crippen LogP contribution in [-0.2, 0) is 9.53 Å². The molecule has 0 amide bonds. The highest BCUT2D eigenvalue weighted by molar-refractivity contribution is 7.10. The minimum absolute atomic E-state index is 0.158. The molecule has 2 aromatic heterocycles. The Morgan fingerprint density at radius 3 is 2.53 bits per heavy atom. The molecular formula is C24H25N3O3S2. The normalized spacial score (nSPS) is 16.0. The molecule has 6 nitrogen and oxygen atoms in total. The number of fused-ring (bicyclic) bond motifs is 1. The maximum absolute atomic E-state index is 13.5. The second kappa shape index (κ2) is 9.26. The number of ether oxygens (including phenoxy) is 1. The Bertz CT molecular complexity index is 1330. The summed E-state index contributed by atoms with van der Waals surface area (Å²) in [6.07, 6.45) is 1.89.